The average Bonchev–Trinajstić information content (AvgIpc) is 3.15. The first-order valence-corrected chi connectivity index (χ1v) is 8.40. The van der Waals surface area contributed by atoms with Gasteiger partial charge in [-0.25, -0.2) is 0 Å². The van der Waals surface area contributed by atoms with Crippen molar-refractivity contribution in [2.24, 2.45) is 0 Å². The number of hydrogen-bond donors (Lipinski definition) is 1. The predicted octanol–water partition coefficient (Wildman–Crippen LogP) is 4.80. The van der Waals surface area contributed by atoms with Gasteiger partial charge in [-0.3, -0.25) is 4.79 Å². The monoisotopic (exact) mass is 328 g/mol. The Bertz CT molecular complexity index is 1130. The first kappa shape index (κ1) is 14.4. The van der Waals surface area contributed by atoms with E-state index in [0.717, 1.165) is 27.6 Å². The molecule has 0 radical (unpaired) electrons. The summed E-state index contributed by atoms with van der Waals surface area (Å²) in [5, 5.41) is 15.4. The lowest BCUT2D eigenvalue weighted by atomic mass is 9.98. The lowest BCUT2D eigenvalue weighted by Crippen LogP contribution is -2.12. The number of rotatable bonds is 2. The Balaban J connectivity index is 2.03. The van der Waals surface area contributed by atoms with E-state index in [9.17, 15) is 10.1 Å². The van der Waals surface area contributed by atoms with Gasteiger partial charge in [0.05, 0.1) is 0 Å². The molecule has 0 saturated heterocycles. The maximum absolute atomic E-state index is 12.4. The summed E-state index contributed by atoms with van der Waals surface area (Å²) in [5.41, 5.74) is 3.03. The number of H-pyrrole nitrogens is 1. The normalized spacial score (nSPS) is 10.6. The maximum atomic E-state index is 12.4. The van der Waals surface area contributed by atoms with Crippen molar-refractivity contribution >= 4 is 22.1 Å². The standard InChI is InChI=1S/C20H12N2OS/c21-11-18-17(14-8-9-24-12-14)10-19(22-20(18)23)16-7-3-5-13-4-1-2-6-15(13)16/h1-10,12H,(H,22,23). The Labute approximate surface area is 142 Å². The molecule has 0 amide bonds. The molecule has 24 heavy (non-hydrogen) atoms. The molecule has 4 aromatic rings. The van der Waals surface area contributed by atoms with Crippen LogP contribution in [0.1, 0.15) is 5.56 Å². The number of nitrogens with one attached hydrogen (secondary N) is 1. The number of pyridine rings is 1. The van der Waals surface area contributed by atoms with E-state index in [4.69, 9.17) is 0 Å². The van der Waals surface area contributed by atoms with Crippen LogP contribution in [-0.4, -0.2) is 4.98 Å². The molecule has 0 aliphatic heterocycles. The van der Waals surface area contributed by atoms with Crippen LogP contribution in [0.2, 0.25) is 0 Å². The summed E-state index contributed by atoms with van der Waals surface area (Å²) in [7, 11) is 0. The van der Waals surface area contributed by atoms with Crippen molar-refractivity contribution in [3.05, 3.63) is 81.3 Å². The molecular weight excluding hydrogens is 316 g/mol. The number of aromatic amines is 1. The van der Waals surface area contributed by atoms with E-state index in [2.05, 4.69) is 4.98 Å². The van der Waals surface area contributed by atoms with E-state index in [1.54, 1.807) is 11.3 Å². The highest BCUT2D eigenvalue weighted by Gasteiger charge is 2.13. The zero-order valence-corrected chi connectivity index (χ0v) is 13.4. The van der Waals surface area contributed by atoms with Gasteiger partial charge in [-0.05, 0) is 39.2 Å². The van der Waals surface area contributed by atoms with Crippen molar-refractivity contribution in [2.75, 3.05) is 0 Å². The van der Waals surface area contributed by atoms with Gasteiger partial charge in [0.25, 0.3) is 5.56 Å². The van der Waals surface area contributed by atoms with Crippen molar-refractivity contribution in [1.29, 1.82) is 5.26 Å². The fourth-order valence-corrected chi connectivity index (χ4v) is 3.58. The molecule has 0 saturated carbocycles. The minimum atomic E-state index is -0.357. The number of nitriles is 1. The fraction of sp³-hybridized carbons (Fsp3) is 0. The van der Waals surface area contributed by atoms with Gasteiger partial charge in [-0.1, -0.05) is 42.5 Å². The van der Waals surface area contributed by atoms with E-state index >= 15 is 0 Å². The zero-order valence-electron chi connectivity index (χ0n) is 12.6. The SMILES string of the molecule is N#Cc1c(-c2ccsc2)cc(-c2cccc3ccccc23)[nH]c1=O. The van der Waals surface area contributed by atoms with E-state index in [1.165, 1.54) is 0 Å². The van der Waals surface area contributed by atoms with Crippen LogP contribution in [0.3, 0.4) is 0 Å². The molecule has 0 aliphatic carbocycles. The molecule has 0 fully saturated rings. The van der Waals surface area contributed by atoms with Crippen molar-refractivity contribution in [2.45, 2.75) is 0 Å². The largest absolute Gasteiger partial charge is 0.321 e. The number of benzene rings is 2. The average molecular weight is 328 g/mol. The van der Waals surface area contributed by atoms with Gasteiger partial charge in [0, 0.05) is 16.8 Å². The van der Waals surface area contributed by atoms with E-state index in [0.29, 0.717) is 5.56 Å². The van der Waals surface area contributed by atoms with E-state index in [-0.39, 0.29) is 11.1 Å². The molecule has 0 spiro atoms. The van der Waals surface area contributed by atoms with Crippen molar-refractivity contribution in [3.63, 3.8) is 0 Å². The van der Waals surface area contributed by atoms with Crippen LogP contribution in [0.15, 0.2) is 70.2 Å². The van der Waals surface area contributed by atoms with Crippen LogP contribution in [0, 0.1) is 11.3 Å². The molecule has 0 aliphatic rings. The van der Waals surface area contributed by atoms with Crippen LogP contribution in [0.5, 0.6) is 0 Å². The minimum absolute atomic E-state index is 0.150. The predicted molar refractivity (Wildman–Crippen MR) is 98.0 cm³/mol. The number of hydrogen-bond acceptors (Lipinski definition) is 3. The summed E-state index contributed by atoms with van der Waals surface area (Å²) in [5.74, 6) is 0. The quantitative estimate of drug-likeness (QED) is 0.575. The molecule has 0 unspecified atom stereocenters. The molecule has 114 valence electrons. The third-order valence-corrected chi connectivity index (χ3v) is 4.74. The van der Waals surface area contributed by atoms with Crippen molar-refractivity contribution < 1.29 is 0 Å². The molecule has 4 rings (SSSR count). The second-order valence-electron chi connectivity index (χ2n) is 5.45. The molecule has 0 atom stereocenters. The molecule has 3 nitrogen and oxygen atoms in total. The molecule has 1 N–H and O–H groups in total. The Kier molecular flexibility index (Phi) is 3.49. The summed E-state index contributed by atoms with van der Waals surface area (Å²) < 4.78 is 0. The smallest absolute Gasteiger partial charge is 0.266 e. The summed E-state index contributed by atoms with van der Waals surface area (Å²) >= 11 is 1.54. The number of thiophene rings is 1. The minimum Gasteiger partial charge on any atom is -0.321 e. The van der Waals surface area contributed by atoms with Crippen LogP contribution in [-0.2, 0) is 0 Å². The van der Waals surface area contributed by atoms with E-state index in [1.807, 2.05) is 71.4 Å². The van der Waals surface area contributed by atoms with Crippen molar-refractivity contribution in [1.82, 2.24) is 4.98 Å². The topological polar surface area (TPSA) is 56.6 Å². The summed E-state index contributed by atoms with van der Waals surface area (Å²) in [6.45, 7) is 0. The number of aromatic nitrogens is 1. The lowest BCUT2D eigenvalue weighted by Gasteiger charge is -2.09. The third-order valence-electron chi connectivity index (χ3n) is 4.06. The highest BCUT2D eigenvalue weighted by molar-refractivity contribution is 7.08. The highest BCUT2D eigenvalue weighted by atomic mass is 32.1. The second kappa shape index (κ2) is 5.80. The van der Waals surface area contributed by atoms with Gasteiger partial charge in [0.15, 0.2) is 0 Å². The Hall–Kier alpha value is -3.16. The summed E-state index contributed by atoms with van der Waals surface area (Å²) in [6, 6.07) is 19.9. The molecule has 2 aromatic heterocycles. The first-order chi connectivity index (χ1) is 11.8. The molecule has 0 bridgehead atoms. The summed E-state index contributed by atoms with van der Waals surface area (Å²) in [4.78, 5) is 15.3. The van der Waals surface area contributed by atoms with Crippen LogP contribution in [0.25, 0.3) is 33.2 Å². The molecular formula is C20H12N2OS. The van der Waals surface area contributed by atoms with Gasteiger partial charge >= 0.3 is 0 Å². The Morgan fingerprint density at radius 3 is 2.62 bits per heavy atom. The van der Waals surface area contributed by atoms with Crippen LogP contribution < -0.4 is 5.56 Å². The molecule has 2 aromatic carbocycles. The third kappa shape index (κ3) is 2.32. The Morgan fingerprint density at radius 1 is 1.00 bits per heavy atom. The number of nitrogens with zero attached hydrogens (tertiary/aromatic N) is 1. The lowest BCUT2D eigenvalue weighted by molar-refractivity contribution is 1.22. The highest BCUT2D eigenvalue weighted by Crippen LogP contribution is 2.31. The second-order valence-corrected chi connectivity index (χ2v) is 6.23. The van der Waals surface area contributed by atoms with Gasteiger partial charge in [0.2, 0.25) is 0 Å². The van der Waals surface area contributed by atoms with Crippen LogP contribution >= 0.6 is 11.3 Å². The maximum Gasteiger partial charge on any atom is 0.266 e. The molecule has 2 heterocycles. The fourth-order valence-electron chi connectivity index (χ4n) is 2.92. The van der Waals surface area contributed by atoms with Gasteiger partial charge in [0.1, 0.15) is 11.6 Å². The van der Waals surface area contributed by atoms with Crippen LogP contribution in [0.4, 0.5) is 0 Å². The van der Waals surface area contributed by atoms with E-state index < -0.39 is 0 Å². The Morgan fingerprint density at radius 2 is 1.83 bits per heavy atom. The van der Waals surface area contributed by atoms with Crippen molar-refractivity contribution in [3.8, 4) is 28.5 Å². The van der Waals surface area contributed by atoms with Gasteiger partial charge in [-0.2, -0.15) is 16.6 Å². The van der Waals surface area contributed by atoms with Gasteiger partial charge in [-0.15, -0.1) is 0 Å². The van der Waals surface area contributed by atoms with Gasteiger partial charge < -0.3 is 4.98 Å². The molecule has 4 heteroatoms. The zero-order chi connectivity index (χ0) is 16.5. The summed E-state index contributed by atoms with van der Waals surface area (Å²) in [6.07, 6.45) is 0. The first-order valence-electron chi connectivity index (χ1n) is 7.46. The number of fused-ring (bicyclic) bond motifs is 1.